The van der Waals surface area contributed by atoms with Crippen LogP contribution < -0.4 is 4.74 Å². The van der Waals surface area contributed by atoms with Gasteiger partial charge in [0.25, 0.3) is 11.8 Å². The predicted octanol–water partition coefficient (Wildman–Crippen LogP) is 1.82. The van der Waals surface area contributed by atoms with E-state index in [1.807, 2.05) is 10.3 Å². The SMILES string of the molecule is COc1cc(C(=O)N(C)C[C@@H]2C[C@H](F)CN2Cc2nccs2)on1. The van der Waals surface area contributed by atoms with E-state index in [0.29, 0.717) is 26.1 Å². The zero-order chi connectivity index (χ0) is 17.1. The summed E-state index contributed by atoms with van der Waals surface area (Å²) in [5, 5.41) is 6.48. The van der Waals surface area contributed by atoms with Crippen LogP contribution >= 0.6 is 11.3 Å². The molecule has 3 rings (SSSR count). The van der Waals surface area contributed by atoms with Crippen LogP contribution in [0.4, 0.5) is 4.39 Å². The molecule has 24 heavy (non-hydrogen) atoms. The molecular weight excluding hydrogens is 335 g/mol. The van der Waals surface area contributed by atoms with Gasteiger partial charge in [0.2, 0.25) is 5.76 Å². The Bertz CT molecular complexity index is 678. The third-order valence-electron chi connectivity index (χ3n) is 4.04. The maximum absolute atomic E-state index is 13.9. The number of methoxy groups -OCH3 is 1. The van der Waals surface area contributed by atoms with E-state index in [-0.39, 0.29) is 23.6 Å². The molecule has 1 amide bonds. The molecule has 0 bridgehead atoms. The first-order valence-corrected chi connectivity index (χ1v) is 8.47. The van der Waals surface area contributed by atoms with Crippen LogP contribution in [0.1, 0.15) is 22.0 Å². The van der Waals surface area contributed by atoms with E-state index in [9.17, 15) is 9.18 Å². The van der Waals surface area contributed by atoms with Crippen LogP contribution in [-0.2, 0) is 6.54 Å². The Morgan fingerprint density at radius 1 is 1.62 bits per heavy atom. The molecule has 0 aromatic carbocycles. The maximum Gasteiger partial charge on any atom is 0.292 e. The van der Waals surface area contributed by atoms with Crippen LogP contribution in [0.25, 0.3) is 0 Å². The fourth-order valence-corrected chi connectivity index (χ4v) is 3.49. The van der Waals surface area contributed by atoms with Crippen molar-refractivity contribution in [3.63, 3.8) is 0 Å². The number of hydrogen-bond donors (Lipinski definition) is 0. The molecule has 0 N–H and O–H groups in total. The molecule has 1 aliphatic rings. The Kier molecular flexibility index (Phi) is 5.10. The summed E-state index contributed by atoms with van der Waals surface area (Å²) in [6, 6.07) is 1.39. The number of amides is 1. The van der Waals surface area contributed by atoms with E-state index in [2.05, 4.69) is 10.1 Å². The van der Waals surface area contributed by atoms with Crippen molar-refractivity contribution in [3.05, 3.63) is 28.4 Å². The fourth-order valence-electron chi connectivity index (χ4n) is 2.85. The van der Waals surface area contributed by atoms with Gasteiger partial charge in [0.05, 0.1) is 19.7 Å². The molecule has 9 heteroatoms. The third kappa shape index (κ3) is 3.73. The number of hydrogen-bond acceptors (Lipinski definition) is 7. The second kappa shape index (κ2) is 7.27. The average molecular weight is 354 g/mol. The molecule has 2 aromatic heterocycles. The normalized spacial score (nSPS) is 21.1. The molecule has 0 unspecified atom stereocenters. The van der Waals surface area contributed by atoms with Gasteiger partial charge in [-0.05, 0) is 11.6 Å². The Labute approximate surface area is 143 Å². The summed E-state index contributed by atoms with van der Waals surface area (Å²) in [7, 11) is 3.12. The molecule has 7 nitrogen and oxygen atoms in total. The molecule has 0 aliphatic carbocycles. The number of rotatable bonds is 6. The highest BCUT2D eigenvalue weighted by atomic mass is 32.1. The first-order valence-electron chi connectivity index (χ1n) is 7.59. The number of thiazole rings is 1. The standard InChI is InChI=1S/C15H19FN4O3S/c1-19(15(21)12-6-13(22-2)18-23-12)8-11-5-10(16)7-20(11)9-14-17-3-4-24-14/h3-4,6,10-11H,5,7-9H2,1-2H3/t10-,11-/m0/s1. The molecule has 1 fully saturated rings. The zero-order valence-electron chi connectivity index (χ0n) is 13.5. The highest BCUT2D eigenvalue weighted by Crippen LogP contribution is 2.24. The molecule has 0 saturated carbocycles. The number of nitrogens with zero attached hydrogens (tertiary/aromatic N) is 4. The minimum atomic E-state index is -0.885. The Hall–Kier alpha value is -2.00. The largest absolute Gasteiger partial charge is 0.479 e. The average Bonchev–Trinajstić information content (AvgIpc) is 3.29. The van der Waals surface area contributed by atoms with E-state index in [4.69, 9.17) is 9.26 Å². The first kappa shape index (κ1) is 16.8. The van der Waals surface area contributed by atoms with Gasteiger partial charge in [-0.15, -0.1) is 11.3 Å². The molecule has 130 valence electrons. The van der Waals surface area contributed by atoms with Gasteiger partial charge in [0, 0.05) is 37.8 Å². The summed E-state index contributed by atoms with van der Waals surface area (Å²) < 4.78 is 23.8. The van der Waals surface area contributed by atoms with Crippen molar-refractivity contribution in [1.29, 1.82) is 0 Å². The summed E-state index contributed by atoms with van der Waals surface area (Å²) in [4.78, 5) is 20.2. The van der Waals surface area contributed by atoms with Crippen LogP contribution in [0.5, 0.6) is 5.88 Å². The van der Waals surface area contributed by atoms with Crippen molar-refractivity contribution < 1.29 is 18.4 Å². The second-order valence-corrected chi connectivity index (χ2v) is 6.74. The quantitative estimate of drug-likeness (QED) is 0.788. The van der Waals surface area contributed by atoms with Crippen molar-refractivity contribution >= 4 is 17.2 Å². The molecule has 1 saturated heterocycles. The number of likely N-dealkylation sites (tertiary alicyclic amines) is 1. The number of carbonyl (C=O) groups is 1. The number of likely N-dealkylation sites (N-methyl/N-ethyl adjacent to an activating group) is 1. The second-order valence-electron chi connectivity index (χ2n) is 5.76. The van der Waals surface area contributed by atoms with Gasteiger partial charge in [0.15, 0.2) is 0 Å². The maximum atomic E-state index is 13.9. The Morgan fingerprint density at radius 2 is 2.46 bits per heavy atom. The number of alkyl halides is 1. The monoisotopic (exact) mass is 354 g/mol. The molecule has 0 radical (unpaired) electrons. The van der Waals surface area contributed by atoms with Crippen molar-refractivity contribution in [1.82, 2.24) is 19.9 Å². The van der Waals surface area contributed by atoms with E-state index in [0.717, 1.165) is 5.01 Å². The Morgan fingerprint density at radius 3 is 3.12 bits per heavy atom. The van der Waals surface area contributed by atoms with E-state index in [1.54, 1.807) is 24.6 Å². The van der Waals surface area contributed by atoms with Gasteiger partial charge in [-0.3, -0.25) is 9.69 Å². The van der Waals surface area contributed by atoms with Crippen molar-refractivity contribution in [2.75, 3.05) is 27.2 Å². The minimum Gasteiger partial charge on any atom is -0.479 e. The van der Waals surface area contributed by atoms with Gasteiger partial charge >= 0.3 is 0 Å². The van der Waals surface area contributed by atoms with Gasteiger partial charge in [-0.25, -0.2) is 9.37 Å². The fraction of sp³-hybridized carbons (Fsp3) is 0.533. The number of halogens is 1. The molecule has 2 atom stereocenters. The number of ether oxygens (including phenoxy) is 1. The zero-order valence-corrected chi connectivity index (χ0v) is 14.3. The summed E-state index contributed by atoms with van der Waals surface area (Å²) in [6.07, 6.45) is 1.26. The predicted molar refractivity (Wildman–Crippen MR) is 85.8 cm³/mol. The molecule has 3 heterocycles. The highest BCUT2D eigenvalue weighted by molar-refractivity contribution is 7.09. The van der Waals surface area contributed by atoms with Crippen LogP contribution in [0.15, 0.2) is 22.2 Å². The molecule has 2 aromatic rings. The van der Waals surface area contributed by atoms with Crippen molar-refractivity contribution in [3.8, 4) is 5.88 Å². The van der Waals surface area contributed by atoms with Gasteiger partial charge in [0.1, 0.15) is 11.2 Å². The summed E-state index contributed by atoms with van der Waals surface area (Å²) in [6.45, 7) is 1.37. The number of aromatic nitrogens is 2. The van der Waals surface area contributed by atoms with Crippen LogP contribution in [0.3, 0.4) is 0 Å². The third-order valence-corrected chi connectivity index (χ3v) is 4.80. The Balaban J connectivity index is 1.63. The lowest BCUT2D eigenvalue weighted by molar-refractivity contribution is 0.0708. The lowest BCUT2D eigenvalue weighted by atomic mass is 10.2. The smallest absolute Gasteiger partial charge is 0.292 e. The van der Waals surface area contributed by atoms with E-state index >= 15 is 0 Å². The van der Waals surface area contributed by atoms with Crippen LogP contribution in [0.2, 0.25) is 0 Å². The van der Waals surface area contributed by atoms with Crippen LogP contribution in [0, 0.1) is 0 Å². The summed E-state index contributed by atoms with van der Waals surface area (Å²) >= 11 is 1.55. The summed E-state index contributed by atoms with van der Waals surface area (Å²) in [5.74, 6) is 0.0553. The van der Waals surface area contributed by atoms with E-state index in [1.165, 1.54) is 18.1 Å². The minimum absolute atomic E-state index is 0.0531. The highest BCUT2D eigenvalue weighted by Gasteiger charge is 2.34. The molecule has 1 aliphatic heterocycles. The molecule has 0 spiro atoms. The first-order chi connectivity index (χ1) is 11.6. The van der Waals surface area contributed by atoms with Gasteiger partial charge < -0.3 is 14.2 Å². The topological polar surface area (TPSA) is 71.7 Å². The lowest BCUT2D eigenvalue weighted by Gasteiger charge is -2.27. The van der Waals surface area contributed by atoms with Crippen LogP contribution in [-0.4, -0.2) is 65.3 Å². The van der Waals surface area contributed by atoms with Gasteiger partial charge in [-0.1, -0.05) is 0 Å². The summed E-state index contributed by atoms with van der Waals surface area (Å²) in [5.41, 5.74) is 0. The van der Waals surface area contributed by atoms with Crippen molar-refractivity contribution in [2.24, 2.45) is 0 Å². The number of carbonyl (C=O) groups excluding carboxylic acids is 1. The van der Waals surface area contributed by atoms with Gasteiger partial charge in [-0.2, -0.15) is 0 Å². The van der Waals surface area contributed by atoms with E-state index < -0.39 is 6.17 Å². The lowest BCUT2D eigenvalue weighted by Crippen LogP contribution is -2.40. The molecular formula is C15H19FN4O3S. The van der Waals surface area contributed by atoms with Crippen molar-refractivity contribution in [2.45, 2.75) is 25.2 Å².